The Morgan fingerprint density at radius 2 is 1.96 bits per heavy atom. The molecule has 1 amide bonds. The van der Waals surface area contributed by atoms with Gasteiger partial charge in [0.25, 0.3) is 5.91 Å². The van der Waals surface area contributed by atoms with Gasteiger partial charge in [-0.25, -0.2) is 0 Å². The quantitative estimate of drug-likeness (QED) is 0.488. The zero-order valence-corrected chi connectivity index (χ0v) is 17.9. The Labute approximate surface area is 173 Å². The van der Waals surface area contributed by atoms with Crippen LogP contribution in [0.3, 0.4) is 0 Å². The highest BCUT2D eigenvalue weighted by Crippen LogP contribution is 2.65. The number of esters is 1. The van der Waals surface area contributed by atoms with Gasteiger partial charge in [0, 0.05) is 4.32 Å². The number of hydrogen-bond acceptors (Lipinski definition) is 3. The van der Waals surface area contributed by atoms with Crippen molar-refractivity contribution >= 4 is 45.1 Å². The largest absolute Gasteiger partial charge is 0.456 e. The predicted molar refractivity (Wildman–Crippen MR) is 109 cm³/mol. The van der Waals surface area contributed by atoms with E-state index in [4.69, 9.17) is 16.3 Å². The summed E-state index contributed by atoms with van der Waals surface area (Å²) in [7, 11) is 0. The number of benzene rings is 1. The molecule has 1 aromatic carbocycles. The minimum atomic E-state index is -0.364. The summed E-state index contributed by atoms with van der Waals surface area (Å²) in [5.41, 5.74) is 1.61. The van der Waals surface area contributed by atoms with Gasteiger partial charge in [-0.3, -0.25) is 9.59 Å². The zero-order valence-electron chi connectivity index (χ0n) is 15.5. The molecule has 4 fully saturated rings. The lowest BCUT2D eigenvalue weighted by molar-refractivity contribution is -0.153. The number of carbonyl (C=O) groups is 2. The van der Waals surface area contributed by atoms with Crippen LogP contribution < -0.4 is 5.32 Å². The molecule has 4 bridgehead atoms. The van der Waals surface area contributed by atoms with Crippen LogP contribution in [0.1, 0.15) is 50.5 Å². The van der Waals surface area contributed by atoms with E-state index in [1.165, 1.54) is 19.3 Å². The summed E-state index contributed by atoms with van der Waals surface area (Å²) in [5.74, 6) is 0.825. The molecule has 1 aromatic rings. The highest BCUT2D eigenvalue weighted by atomic mass is 79.9. The standard InChI is InChI=1S/C21H25BrClNO3/c1-13-2-3-17(16(23)4-13)24-18(25)11-27-19(26)10-20-6-14-5-15(7-20)9-21(22,8-14)12-20/h2-4,14-15H,5-12H2,1H3,(H,24,25)/t14-,15-,20?,21?/m1/s1. The van der Waals surface area contributed by atoms with Crippen molar-refractivity contribution in [3.8, 4) is 0 Å². The van der Waals surface area contributed by atoms with Crippen LogP contribution in [0.2, 0.25) is 5.02 Å². The Balaban J connectivity index is 1.30. The third kappa shape index (κ3) is 4.19. The van der Waals surface area contributed by atoms with Crippen LogP contribution in [0.5, 0.6) is 0 Å². The van der Waals surface area contributed by atoms with Gasteiger partial charge < -0.3 is 10.1 Å². The maximum Gasteiger partial charge on any atom is 0.306 e. The number of ether oxygens (including phenoxy) is 1. The lowest BCUT2D eigenvalue weighted by atomic mass is 9.49. The van der Waals surface area contributed by atoms with Crippen molar-refractivity contribution in [2.24, 2.45) is 17.3 Å². The van der Waals surface area contributed by atoms with Crippen molar-refractivity contribution in [2.75, 3.05) is 11.9 Å². The molecule has 0 heterocycles. The maximum atomic E-state index is 12.5. The summed E-state index contributed by atoms with van der Waals surface area (Å²) >= 11 is 10.1. The van der Waals surface area contributed by atoms with E-state index in [9.17, 15) is 9.59 Å². The summed E-state index contributed by atoms with van der Waals surface area (Å²) in [6.45, 7) is 1.66. The highest BCUT2D eigenvalue weighted by Gasteiger charge is 2.57. The summed E-state index contributed by atoms with van der Waals surface area (Å²) in [6.07, 6.45) is 7.50. The van der Waals surface area contributed by atoms with Gasteiger partial charge in [0.2, 0.25) is 0 Å². The third-order valence-electron chi connectivity index (χ3n) is 6.39. The van der Waals surface area contributed by atoms with Crippen LogP contribution in [0.25, 0.3) is 0 Å². The molecule has 2 atom stereocenters. The fourth-order valence-corrected chi connectivity index (χ4v) is 7.75. The Morgan fingerprint density at radius 3 is 2.59 bits per heavy atom. The summed E-state index contributed by atoms with van der Waals surface area (Å²) in [4.78, 5) is 24.6. The lowest BCUT2D eigenvalue weighted by Crippen LogP contribution is -2.53. The summed E-state index contributed by atoms with van der Waals surface area (Å²) in [6, 6.07) is 5.41. The van der Waals surface area contributed by atoms with Crippen LogP contribution in [-0.4, -0.2) is 22.8 Å². The number of rotatable bonds is 5. The first-order chi connectivity index (χ1) is 12.7. The number of aryl methyl sites for hydroxylation is 1. The Morgan fingerprint density at radius 1 is 1.26 bits per heavy atom. The average molecular weight is 455 g/mol. The van der Waals surface area contributed by atoms with Crippen LogP contribution in [0.4, 0.5) is 5.69 Å². The van der Waals surface area contributed by atoms with Gasteiger partial charge in [0.1, 0.15) is 0 Å². The van der Waals surface area contributed by atoms with E-state index in [1.54, 1.807) is 12.1 Å². The fraction of sp³-hybridized carbons (Fsp3) is 0.619. The van der Waals surface area contributed by atoms with Crippen LogP contribution >= 0.6 is 27.5 Å². The van der Waals surface area contributed by atoms with Gasteiger partial charge in [-0.15, -0.1) is 0 Å². The van der Waals surface area contributed by atoms with Gasteiger partial charge in [-0.1, -0.05) is 33.6 Å². The number of alkyl halides is 1. The molecule has 4 saturated carbocycles. The molecular formula is C21H25BrClNO3. The first-order valence-corrected chi connectivity index (χ1v) is 10.8. The van der Waals surface area contributed by atoms with Crippen molar-refractivity contribution in [1.82, 2.24) is 0 Å². The van der Waals surface area contributed by atoms with E-state index in [1.807, 2.05) is 13.0 Å². The monoisotopic (exact) mass is 453 g/mol. The Bertz CT molecular complexity index is 767. The molecule has 4 aliphatic rings. The average Bonchev–Trinajstić information content (AvgIpc) is 2.53. The van der Waals surface area contributed by atoms with Gasteiger partial charge in [0.15, 0.2) is 6.61 Å². The molecule has 0 unspecified atom stereocenters. The molecule has 27 heavy (non-hydrogen) atoms. The van der Waals surface area contributed by atoms with E-state index in [0.29, 0.717) is 17.1 Å². The maximum absolute atomic E-state index is 12.5. The third-order valence-corrected chi connectivity index (χ3v) is 7.63. The fourth-order valence-electron chi connectivity index (χ4n) is 5.95. The molecule has 4 aliphatic carbocycles. The van der Waals surface area contributed by atoms with E-state index in [-0.39, 0.29) is 28.2 Å². The topological polar surface area (TPSA) is 55.4 Å². The Kier molecular flexibility index (Phi) is 5.04. The second-order valence-electron chi connectivity index (χ2n) is 8.98. The van der Waals surface area contributed by atoms with Crippen LogP contribution in [-0.2, 0) is 14.3 Å². The molecule has 6 heteroatoms. The van der Waals surface area contributed by atoms with Crippen molar-refractivity contribution in [1.29, 1.82) is 0 Å². The van der Waals surface area contributed by atoms with Crippen LogP contribution in [0, 0.1) is 24.2 Å². The predicted octanol–water partition coefficient (Wildman–Crippen LogP) is 5.25. The molecule has 146 valence electrons. The summed E-state index contributed by atoms with van der Waals surface area (Å²) < 4.78 is 5.52. The molecule has 0 aliphatic heterocycles. The number of nitrogens with one attached hydrogen (secondary N) is 1. The summed E-state index contributed by atoms with van der Waals surface area (Å²) in [5, 5.41) is 3.18. The van der Waals surface area contributed by atoms with Crippen molar-refractivity contribution in [3.63, 3.8) is 0 Å². The molecule has 0 aromatic heterocycles. The van der Waals surface area contributed by atoms with E-state index in [2.05, 4.69) is 21.2 Å². The number of amides is 1. The smallest absolute Gasteiger partial charge is 0.306 e. The first-order valence-electron chi connectivity index (χ1n) is 9.65. The molecule has 5 rings (SSSR count). The van der Waals surface area contributed by atoms with Crippen molar-refractivity contribution in [3.05, 3.63) is 28.8 Å². The van der Waals surface area contributed by atoms with Gasteiger partial charge in [0.05, 0.1) is 17.1 Å². The van der Waals surface area contributed by atoms with Gasteiger partial charge >= 0.3 is 5.97 Å². The Hall–Kier alpha value is -1.07. The van der Waals surface area contributed by atoms with Gasteiger partial charge in [-0.05, 0) is 80.4 Å². The van der Waals surface area contributed by atoms with E-state index >= 15 is 0 Å². The zero-order chi connectivity index (χ0) is 19.2. The molecule has 0 radical (unpaired) electrons. The van der Waals surface area contributed by atoms with Crippen LogP contribution in [0.15, 0.2) is 18.2 Å². The number of carbonyl (C=O) groups excluding carboxylic acids is 2. The lowest BCUT2D eigenvalue weighted by Gasteiger charge is -2.60. The number of hydrogen-bond donors (Lipinski definition) is 1. The molecule has 0 spiro atoms. The number of halogens is 2. The van der Waals surface area contributed by atoms with E-state index < -0.39 is 0 Å². The normalized spacial score (nSPS) is 33.7. The minimum Gasteiger partial charge on any atom is -0.456 e. The second-order valence-corrected chi connectivity index (χ2v) is 11.1. The molecule has 0 saturated heterocycles. The minimum absolute atomic E-state index is 0.0570. The highest BCUT2D eigenvalue weighted by molar-refractivity contribution is 9.10. The van der Waals surface area contributed by atoms with Crippen molar-refractivity contribution < 1.29 is 14.3 Å². The molecule has 1 N–H and O–H groups in total. The number of anilines is 1. The SMILES string of the molecule is Cc1ccc(NC(=O)COC(=O)CC23C[C@H]4C[C@@H](CC(Br)(C4)C2)C3)c(Cl)c1. The molecular weight excluding hydrogens is 430 g/mol. The van der Waals surface area contributed by atoms with E-state index in [0.717, 1.165) is 36.7 Å². The first kappa shape index (κ1) is 19.3. The van der Waals surface area contributed by atoms with Crippen molar-refractivity contribution in [2.45, 2.75) is 56.2 Å². The second kappa shape index (κ2) is 7.07. The molecule has 4 nitrogen and oxygen atoms in total. The van der Waals surface area contributed by atoms with Gasteiger partial charge in [-0.2, -0.15) is 0 Å².